The van der Waals surface area contributed by atoms with Gasteiger partial charge in [0.25, 0.3) is 0 Å². The topological polar surface area (TPSA) is 57.5 Å². The number of hydrogen-bond donors (Lipinski definition) is 2. The summed E-state index contributed by atoms with van der Waals surface area (Å²) >= 11 is 0. The van der Waals surface area contributed by atoms with Crippen LogP contribution in [-0.4, -0.2) is 16.2 Å². The van der Waals surface area contributed by atoms with Gasteiger partial charge in [0.15, 0.2) is 0 Å². The molecule has 0 unspecified atom stereocenters. The summed E-state index contributed by atoms with van der Waals surface area (Å²) in [7, 11) is 0. The molecule has 82 valence electrons. The van der Waals surface area contributed by atoms with E-state index in [0.717, 1.165) is 0 Å². The van der Waals surface area contributed by atoms with Gasteiger partial charge in [-0.2, -0.15) is 0 Å². The normalized spacial score (nSPS) is 11.4. The Labute approximate surface area is 89.4 Å². The molecule has 15 heavy (non-hydrogen) atoms. The Kier molecular flexibility index (Phi) is 3.03. The fraction of sp³-hybridized carbons (Fsp3) is 0.417. The molecule has 0 bridgehead atoms. The third kappa shape index (κ3) is 3.27. The van der Waals surface area contributed by atoms with E-state index >= 15 is 0 Å². The van der Waals surface area contributed by atoms with E-state index in [0.29, 0.717) is 12.0 Å². The SMILES string of the molecule is CC(C)(C)Cc1cc(C(=O)O)ccc1O. The minimum Gasteiger partial charge on any atom is -0.508 e. The maximum absolute atomic E-state index is 10.7. The van der Waals surface area contributed by atoms with Gasteiger partial charge in [-0.3, -0.25) is 0 Å². The second-order valence-corrected chi connectivity index (χ2v) is 4.89. The van der Waals surface area contributed by atoms with Crippen LogP contribution in [0.5, 0.6) is 5.75 Å². The summed E-state index contributed by atoms with van der Waals surface area (Å²) < 4.78 is 0. The van der Waals surface area contributed by atoms with Crippen molar-refractivity contribution in [2.75, 3.05) is 0 Å². The van der Waals surface area contributed by atoms with Gasteiger partial charge in [-0.25, -0.2) is 4.79 Å². The molecule has 0 heterocycles. The van der Waals surface area contributed by atoms with Crippen molar-refractivity contribution in [3.63, 3.8) is 0 Å². The number of carboxylic acid groups (broad SMARTS) is 1. The zero-order valence-corrected chi connectivity index (χ0v) is 9.24. The van der Waals surface area contributed by atoms with Crippen LogP contribution in [0.15, 0.2) is 18.2 Å². The molecule has 0 aromatic heterocycles. The van der Waals surface area contributed by atoms with Crippen LogP contribution >= 0.6 is 0 Å². The van der Waals surface area contributed by atoms with Gasteiger partial charge in [-0.1, -0.05) is 20.8 Å². The van der Waals surface area contributed by atoms with E-state index in [9.17, 15) is 9.90 Å². The second kappa shape index (κ2) is 3.93. The molecule has 0 spiro atoms. The first kappa shape index (κ1) is 11.6. The third-order valence-electron chi connectivity index (χ3n) is 2.05. The predicted molar refractivity (Wildman–Crippen MR) is 58.2 cm³/mol. The van der Waals surface area contributed by atoms with Crippen molar-refractivity contribution in [1.82, 2.24) is 0 Å². The highest BCUT2D eigenvalue weighted by Crippen LogP contribution is 2.27. The van der Waals surface area contributed by atoms with Crippen LogP contribution in [0.4, 0.5) is 0 Å². The van der Waals surface area contributed by atoms with Crippen LogP contribution in [0.1, 0.15) is 36.7 Å². The van der Waals surface area contributed by atoms with Crippen LogP contribution in [-0.2, 0) is 6.42 Å². The van der Waals surface area contributed by atoms with E-state index < -0.39 is 5.97 Å². The average molecular weight is 208 g/mol. The van der Waals surface area contributed by atoms with Crippen molar-refractivity contribution in [3.8, 4) is 5.75 Å². The number of aromatic carboxylic acids is 1. The van der Waals surface area contributed by atoms with Crippen LogP contribution in [0.25, 0.3) is 0 Å². The quantitative estimate of drug-likeness (QED) is 0.785. The molecule has 1 aromatic carbocycles. The summed E-state index contributed by atoms with van der Waals surface area (Å²) in [6.45, 7) is 6.12. The first-order chi connectivity index (χ1) is 6.79. The highest BCUT2D eigenvalue weighted by molar-refractivity contribution is 5.88. The molecular formula is C12H16O3. The first-order valence-corrected chi connectivity index (χ1v) is 4.85. The van der Waals surface area contributed by atoms with Crippen molar-refractivity contribution >= 4 is 5.97 Å². The number of carbonyl (C=O) groups is 1. The molecule has 0 fully saturated rings. The Morgan fingerprint density at radius 3 is 2.40 bits per heavy atom. The number of phenolic OH excluding ortho intramolecular Hbond substituents is 1. The maximum Gasteiger partial charge on any atom is 0.335 e. The van der Waals surface area contributed by atoms with Crippen molar-refractivity contribution in [2.24, 2.45) is 5.41 Å². The molecule has 0 amide bonds. The molecule has 1 aromatic rings. The molecule has 3 nitrogen and oxygen atoms in total. The zero-order valence-electron chi connectivity index (χ0n) is 9.24. The Balaban J connectivity index is 3.06. The number of rotatable bonds is 2. The summed E-state index contributed by atoms with van der Waals surface area (Å²) in [5.74, 6) is -0.805. The summed E-state index contributed by atoms with van der Waals surface area (Å²) in [6, 6.07) is 4.37. The zero-order chi connectivity index (χ0) is 11.6. The molecule has 0 aliphatic rings. The Hall–Kier alpha value is -1.51. The molecule has 0 aliphatic heterocycles. The summed E-state index contributed by atoms with van der Waals surface area (Å²) in [5, 5.41) is 18.4. The predicted octanol–water partition coefficient (Wildman–Crippen LogP) is 2.68. The number of benzene rings is 1. The van der Waals surface area contributed by atoms with Crippen LogP contribution in [0.2, 0.25) is 0 Å². The lowest BCUT2D eigenvalue weighted by atomic mass is 9.87. The van der Waals surface area contributed by atoms with Gasteiger partial charge in [-0.15, -0.1) is 0 Å². The van der Waals surface area contributed by atoms with Gasteiger partial charge in [0.05, 0.1) is 5.56 Å². The van der Waals surface area contributed by atoms with Crippen molar-refractivity contribution in [3.05, 3.63) is 29.3 Å². The van der Waals surface area contributed by atoms with Gasteiger partial charge in [0.2, 0.25) is 0 Å². The van der Waals surface area contributed by atoms with E-state index in [1.54, 1.807) is 0 Å². The fourth-order valence-corrected chi connectivity index (χ4v) is 1.43. The number of phenols is 1. The fourth-order valence-electron chi connectivity index (χ4n) is 1.43. The molecule has 0 aliphatic carbocycles. The largest absolute Gasteiger partial charge is 0.508 e. The Morgan fingerprint density at radius 2 is 1.93 bits per heavy atom. The third-order valence-corrected chi connectivity index (χ3v) is 2.05. The standard InChI is InChI=1S/C12H16O3/c1-12(2,3)7-9-6-8(11(14)15)4-5-10(9)13/h4-6,13H,7H2,1-3H3,(H,14,15). The Morgan fingerprint density at radius 1 is 1.33 bits per heavy atom. The van der Waals surface area contributed by atoms with Gasteiger partial charge in [-0.05, 0) is 35.6 Å². The van der Waals surface area contributed by atoms with Crippen LogP contribution in [0, 0.1) is 5.41 Å². The van der Waals surface area contributed by atoms with E-state index in [2.05, 4.69) is 0 Å². The molecule has 0 saturated carbocycles. The second-order valence-electron chi connectivity index (χ2n) is 4.89. The van der Waals surface area contributed by atoms with E-state index in [1.165, 1.54) is 18.2 Å². The van der Waals surface area contributed by atoms with Gasteiger partial charge in [0.1, 0.15) is 5.75 Å². The lowest BCUT2D eigenvalue weighted by Crippen LogP contribution is -2.10. The van der Waals surface area contributed by atoms with Gasteiger partial charge in [0, 0.05) is 0 Å². The molecular weight excluding hydrogens is 192 g/mol. The van der Waals surface area contributed by atoms with Gasteiger partial charge < -0.3 is 10.2 Å². The molecule has 0 atom stereocenters. The van der Waals surface area contributed by atoms with Crippen molar-refractivity contribution in [2.45, 2.75) is 27.2 Å². The van der Waals surface area contributed by atoms with Gasteiger partial charge >= 0.3 is 5.97 Å². The molecule has 0 radical (unpaired) electrons. The smallest absolute Gasteiger partial charge is 0.335 e. The lowest BCUT2D eigenvalue weighted by molar-refractivity contribution is 0.0696. The molecule has 1 rings (SSSR count). The minimum absolute atomic E-state index is 0.0224. The van der Waals surface area contributed by atoms with E-state index in [4.69, 9.17) is 5.11 Å². The monoisotopic (exact) mass is 208 g/mol. The molecule has 3 heteroatoms. The van der Waals surface area contributed by atoms with Crippen molar-refractivity contribution < 1.29 is 15.0 Å². The Bertz CT molecular complexity index is 375. The summed E-state index contributed by atoms with van der Waals surface area (Å²) in [4.78, 5) is 10.7. The first-order valence-electron chi connectivity index (χ1n) is 4.85. The highest BCUT2D eigenvalue weighted by atomic mass is 16.4. The van der Waals surface area contributed by atoms with Crippen LogP contribution < -0.4 is 0 Å². The van der Waals surface area contributed by atoms with E-state index in [1.807, 2.05) is 20.8 Å². The van der Waals surface area contributed by atoms with E-state index in [-0.39, 0.29) is 16.7 Å². The van der Waals surface area contributed by atoms with Crippen LogP contribution in [0.3, 0.4) is 0 Å². The van der Waals surface area contributed by atoms with Crippen molar-refractivity contribution in [1.29, 1.82) is 0 Å². The highest BCUT2D eigenvalue weighted by Gasteiger charge is 2.15. The lowest BCUT2D eigenvalue weighted by Gasteiger charge is -2.19. The average Bonchev–Trinajstić information content (AvgIpc) is 2.06. The molecule has 2 N–H and O–H groups in total. The minimum atomic E-state index is -0.967. The molecule has 0 saturated heterocycles. The number of carboxylic acids is 1. The summed E-state index contributed by atoms with van der Waals surface area (Å²) in [6.07, 6.45) is 0.653. The number of aromatic hydroxyl groups is 1. The summed E-state index contributed by atoms with van der Waals surface area (Å²) in [5.41, 5.74) is 0.920. The number of hydrogen-bond acceptors (Lipinski definition) is 2. The maximum atomic E-state index is 10.7.